The predicted molar refractivity (Wildman–Crippen MR) is 103 cm³/mol. The maximum absolute atomic E-state index is 12.9. The van der Waals surface area contributed by atoms with Gasteiger partial charge in [-0.3, -0.25) is 4.79 Å². The maximum Gasteiger partial charge on any atom is 0.243 e. The molecule has 0 radical (unpaired) electrons. The molecular formula is C19H29N3O4S. The second-order valence-electron chi connectivity index (χ2n) is 7.68. The molecule has 2 unspecified atom stereocenters. The van der Waals surface area contributed by atoms with Gasteiger partial charge in [-0.05, 0) is 38.3 Å². The van der Waals surface area contributed by atoms with Crippen LogP contribution in [0.1, 0.15) is 24.0 Å². The number of sulfonamides is 1. The van der Waals surface area contributed by atoms with E-state index < -0.39 is 16.1 Å². The molecule has 1 amide bonds. The van der Waals surface area contributed by atoms with Crippen LogP contribution in [-0.4, -0.2) is 62.6 Å². The molecule has 2 atom stereocenters. The summed E-state index contributed by atoms with van der Waals surface area (Å²) < 4.78 is 27.3. The lowest BCUT2D eigenvalue weighted by Crippen LogP contribution is -2.44. The lowest BCUT2D eigenvalue weighted by atomic mass is 9.97. The van der Waals surface area contributed by atoms with Gasteiger partial charge in [0.05, 0.1) is 11.0 Å². The van der Waals surface area contributed by atoms with Crippen LogP contribution >= 0.6 is 0 Å². The first-order valence-electron chi connectivity index (χ1n) is 9.53. The van der Waals surface area contributed by atoms with Crippen LogP contribution in [0.5, 0.6) is 0 Å². The normalized spacial score (nSPS) is 24.9. The number of aliphatic hydroxyl groups excluding tert-OH is 1. The van der Waals surface area contributed by atoms with Gasteiger partial charge in [-0.1, -0.05) is 17.7 Å². The second-order valence-corrected chi connectivity index (χ2v) is 9.58. The molecule has 27 heavy (non-hydrogen) atoms. The van der Waals surface area contributed by atoms with Crippen LogP contribution in [0, 0.1) is 25.7 Å². The number of carbonyl (C=O) groups is 1. The van der Waals surface area contributed by atoms with Crippen LogP contribution in [-0.2, 0) is 14.8 Å². The smallest absolute Gasteiger partial charge is 0.243 e. The molecule has 1 aromatic rings. The molecule has 2 saturated heterocycles. The van der Waals surface area contributed by atoms with E-state index in [1.165, 1.54) is 4.31 Å². The zero-order valence-electron chi connectivity index (χ0n) is 15.9. The average Bonchev–Trinajstić information content (AvgIpc) is 3.04. The van der Waals surface area contributed by atoms with Gasteiger partial charge in [-0.2, -0.15) is 4.31 Å². The third-order valence-electron chi connectivity index (χ3n) is 5.62. The number of hydrogen-bond acceptors (Lipinski definition) is 5. The molecule has 0 spiro atoms. The van der Waals surface area contributed by atoms with E-state index in [4.69, 9.17) is 0 Å². The number of amides is 1. The molecule has 7 nitrogen and oxygen atoms in total. The minimum atomic E-state index is -3.53. The lowest BCUT2D eigenvalue weighted by Gasteiger charge is -2.31. The van der Waals surface area contributed by atoms with Crippen LogP contribution in [0.15, 0.2) is 23.1 Å². The Morgan fingerprint density at radius 3 is 2.56 bits per heavy atom. The fraction of sp³-hybridized carbons (Fsp3) is 0.632. The van der Waals surface area contributed by atoms with E-state index in [2.05, 4.69) is 10.6 Å². The number of piperidine rings is 1. The molecule has 0 bridgehead atoms. The summed E-state index contributed by atoms with van der Waals surface area (Å²) in [6.45, 7) is 6.17. The Hall–Kier alpha value is -1.48. The molecule has 8 heteroatoms. The molecule has 2 aliphatic rings. The molecule has 150 valence electrons. The number of hydrogen-bond donors (Lipinski definition) is 3. The number of rotatable bonds is 5. The predicted octanol–water partition coefficient (Wildman–Crippen LogP) is 0.401. The largest absolute Gasteiger partial charge is 0.391 e. The summed E-state index contributed by atoms with van der Waals surface area (Å²) in [4.78, 5) is 12.7. The fourth-order valence-electron chi connectivity index (χ4n) is 3.89. The van der Waals surface area contributed by atoms with Gasteiger partial charge in [0.15, 0.2) is 0 Å². The van der Waals surface area contributed by atoms with Crippen molar-refractivity contribution < 1.29 is 18.3 Å². The topological polar surface area (TPSA) is 98.7 Å². The van der Waals surface area contributed by atoms with Crippen molar-refractivity contribution in [2.24, 2.45) is 11.8 Å². The summed E-state index contributed by atoms with van der Waals surface area (Å²) in [6, 6.07) is 5.35. The van der Waals surface area contributed by atoms with E-state index in [9.17, 15) is 18.3 Å². The Morgan fingerprint density at radius 1 is 1.26 bits per heavy atom. The Balaban J connectivity index is 1.55. The van der Waals surface area contributed by atoms with Gasteiger partial charge in [0.25, 0.3) is 0 Å². The number of β-amino-alcohol motifs (C(OH)–C–C–N with tert-alkyl or cyclic N) is 1. The number of carbonyl (C=O) groups excluding carboxylic acids is 1. The van der Waals surface area contributed by atoms with Crippen molar-refractivity contribution in [1.82, 2.24) is 14.9 Å². The van der Waals surface area contributed by atoms with Crippen LogP contribution in [0.25, 0.3) is 0 Å². The molecule has 3 rings (SSSR count). The molecule has 2 fully saturated rings. The Morgan fingerprint density at radius 2 is 1.96 bits per heavy atom. The first-order chi connectivity index (χ1) is 12.8. The van der Waals surface area contributed by atoms with E-state index in [0.29, 0.717) is 50.5 Å². The molecule has 2 heterocycles. The third kappa shape index (κ3) is 4.51. The molecule has 0 aliphatic carbocycles. The minimum Gasteiger partial charge on any atom is -0.391 e. The highest BCUT2D eigenvalue weighted by Gasteiger charge is 2.33. The van der Waals surface area contributed by atoms with Gasteiger partial charge in [0, 0.05) is 44.6 Å². The number of nitrogens with zero attached hydrogens (tertiary/aromatic N) is 1. The average molecular weight is 396 g/mol. The number of aryl methyl sites for hydroxylation is 2. The van der Waals surface area contributed by atoms with Crippen molar-refractivity contribution in [3.8, 4) is 0 Å². The summed E-state index contributed by atoms with van der Waals surface area (Å²) in [5, 5.41) is 15.8. The summed E-state index contributed by atoms with van der Waals surface area (Å²) in [7, 11) is -3.53. The maximum atomic E-state index is 12.9. The number of benzene rings is 1. The standard InChI is InChI=1S/C19H29N3O4S/c1-13-3-4-18(14(2)9-13)27(25,26)22-7-5-15(6-8-22)19(24)21-11-16-10-20-12-17(16)23/h3-4,9,15-17,20,23H,5-8,10-12H2,1-2H3,(H,21,24). The third-order valence-corrected chi connectivity index (χ3v) is 7.67. The zero-order chi connectivity index (χ0) is 19.6. The first kappa shape index (κ1) is 20.3. The monoisotopic (exact) mass is 395 g/mol. The van der Waals surface area contributed by atoms with Crippen molar-refractivity contribution in [3.63, 3.8) is 0 Å². The van der Waals surface area contributed by atoms with Crippen molar-refractivity contribution in [2.45, 2.75) is 37.7 Å². The van der Waals surface area contributed by atoms with Crippen molar-refractivity contribution in [1.29, 1.82) is 0 Å². The number of nitrogens with one attached hydrogen (secondary N) is 2. The first-order valence-corrected chi connectivity index (χ1v) is 11.0. The summed E-state index contributed by atoms with van der Waals surface area (Å²) >= 11 is 0. The lowest BCUT2D eigenvalue weighted by molar-refractivity contribution is -0.126. The van der Waals surface area contributed by atoms with E-state index in [1.807, 2.05) is 26.0 Å². The summed E-state index contributed by atoms with van der Waals surface area (Å²) in [5.41, 5.74) is 1.78. The van der Waals surface area contributed by atoms with Crippen molar-refractivity contribution in [3.05, 3.63) is 29.3 Å². The highest BCUT2D eigenvalue weighted by molar-refractivity contribution is 7.89. The van der Waals surface area contributed by atoms with Gasteiger partial charge >= 0.3 is 0 Å². The van der Waals surface area contributed by atoms with Gasteiger partial charge in [0.2, 0.25) is 15.9 Å². The van der Waals surface area contributed by atoms with Crippen LogP contribution < -0.4 is 10.6 Å². The molecular weight excluding hydrogens is 366 g/mol. The molecule has 0 aromatic heterocycles. The molecule has 3 N–H and O–H groups in total. The van der Waals surface area contributed by atoms with E-state index in [1.54, 1.807) is 6.07 Å². The van der Waals surface area contributed by atoms with Crippen LogP contribution in [0.3, 0.4) is 0 Å². The SMILES string of the molecule is Cc1ccc(S(=O)(=O)N2CCC(C(=O)NCC3CNCC3O)CC2)c(C)c1. The zero-order valence-corrected chi connectivity index (χ0v) is 16.8. The summed E-state index contributed by atoms with van der Waals surface area (Å²) in [6.07, 6.45) is 0.609. The van der Waals surface area contributed by atoms with Gasteiger partial charge in [-0.25, -0.2) is 8.42 Å². The highest BCUT2D eigenvalue weighted by atomic mass is 32.2. The molecule has 1 aromatic carbocycles. The van der Waals surface area contributed by atoms with E-state index in [0.717, 1.165) is 11.1 Å². The Kier molecular flexibility index (Phi) is 6.20. The Labute approximate surface area is 161 Å². The fourth-order valence-corrected chi connectivity index (χ4v) is 5.57. The van der Waals surface area contributed by atoms with Crippen LogP contribution in [0.2, 0.25) is 0 Å². The van der Waals surface area contributed by atoms with Crippen molar-refractivity contribution >= 4 is 15.9 Å². The van der Waals surface area contributed by atoms with Crippen LogP contribution in [0.4, 0.5) is 0 Å². The molecule has 0 saturated carbocycles. The Bertz CT molecular complexity index is 788. The highest BCUT2D eigenvalue weighted by Crippen LogP contribution is 2.26. The van der Waals surface area contributed by atoms with Gasteiger partial charge in [-0.15, -0.1) is 0 Å². The minimum absolute atomic E-state index is 0.0407. The van der Waals surface area contributed by atoms with E-state index >= 15 is 0 Å². The summed E-state index contributed by atoms with van der Waals surface area (Å²) in [5.74, 6) is -0.182. The second kappa shape index (κ2) is 8.26. The van der Waals surface area contributed by atoms with E-state index in [-0.39, 0.29) is 17.7 Å². The van der Waals surface area contributed by atoms with Gasteiger partial charge in [0.1, 0.15) is 0 Å². The number of aliphatic hydroxyl groups is 1. The van der Waals surface area contributed by atoms with Crippen molar-refractivity contribution in [2.75, 3.05) is 32.7 Å². The quantitative estimate of drug-likeness (QED) is 0.670. The molecule has 2 aliphatic heterocycles. The van der Waals surface area contributed by atoms with Gasteiger partial charge < -0.3 is 15.7 Å².